The van der Waals surface area contributed by atoms with Crippen molar-refractivity contribution in [1.82, 2.24) is 10.3 Å². The van der Waals surface area contributed by atoms with Crippen LogP contribution in [0, 0.1) is 0 Å². The van der Waals surface area contributed by atoms with Crippen LogP contribution in [0.15, 0.2) is 79.0 Å². The number of ether oxygens (including phenoxy) is 2. The van der Waals surface area contributed by atoms with E-state index in [1.165, 1.54) is 55.8 Å². The van der Waals surface area contributed by atoms with Crippen LogP contribution in [0.1, 0.15) is 72.0 Å². The number of pyridine rings is 1. The zero-order valence-electron chi connectivity index (χ0n) is 28.0. The van der Waals surface area contributed by atoms with Crippen molar-refractivity contribution in [3.63, 3.8) is 0 Å². The minimum Gasteiger partial charge on any atom is -0.496 e. The van der Waals surface area contributed by atoms with Crippen LogP contribution in [0.5, 0.6) is 11.5 Å². The lowest BCUT2D eigenvalue weighted by atomic mass is 9.76. The number of carbonyl (C=O) groups is 3. The number of sulfonamides is 1. The summed E-state index contributed by atoms with van der Waals surface area (Å²) < 4.78 is 40.6. The second kappa shape index (κ2) is 13.5. The zero-order chi connectivity index (χ0) is 35.7. The van der Waals surface area contributed by atoms with Gasteiger partial charge in [0.25, 0.3) is 17.7 Å². The van der Waals surface area contributed by atoms with Gasteiger partial charge in [-0.3, -0.25) is 14.4 Å². The lowest BCUT2D eigenvalue weighted by Crippen LogP contribution is -2.43. The molecule has 1 aliphatic rings. The summed E-state index contributed by atoms with van der Waals surface area (Å²) in [5.74, 6) is -1.34. The average Bonchev–Trinajstić information content (AvgIpc) is 3.27. The fourth-order valence-electron chi connectivity index (χ4n) is 5.67. The maximum absolute atomic E-state index is 14.6. The quantitative estimate of drug-likeness (QED) is 0.201. The number of hydrogen-bond donors (Lipinski definition) is 2. The third-order valence-corrected chi connectivity index (χ3v) is 9.90. The van der Waals surface area contributed by atoms with Gasteiger partial charge in [-0.15, -0.1) is 0 Å². The van der Waals surface area contributed by atoms with Crippen molar-refractivity contribution < 1.29 is 32.3 Å². The highest BCUT2D eigenvalue weighted by atomic mass is 35.5. The third-order valence-electron chi connectivity index (χ3n) is 7.98. The second-order valence-corrected chi connectivity index (χ2v) is 14.9. The predicted octanol–water partition coefficient (Wildman–Crippen LogP) is 6.11. The maximum Gasteiger partial charge on any atom is 0.256 e. The monoisotopic (exact) mass is 704 g/mol. The maximum atomic E-state index is 14.6. The Morgan fingerprint density at radius 3 is 2.33 bits per heavy atom. The lowest BCUT2D eigenvalue weighted by Gasteiger charge is -2.26. The molecule has 0 bridgehead atoms. The average molecular weight is 705 g/mol. The van der Waals surface area contributed by atoms with Gasteiger partial charge in [-0.1, -0.05) is 23.7 Å². The number of methoxy groups -OCH3 is 1. The number of nitrogens with one attached hydrogen (secondary N) is 2. The van der Waals surface area contributed by atoms with Crippen LogP contribution in [-0.4, -0.2) is 50.4 Å². The number of benzene rings is 3. The number of amides is 3. The normalized spacial score (nSPS) is 15.8. The molecule has 0 spiro atoms. The van der Waals surface area contributed by atoms with Crippen molar-refractivity contribution in [2.24, 2.45) is 0 Å². The van der Waals surface area contributed by atoms with E-state index in [1.807, 2.05) is 20.8 Å². The smallest absolute Gasteiger partial charge is 0.256 e. The van der Waals surface area contributed by atoms with E-state index in [0.717, 1.165) is 4.31 Å². The summed E-state index contributed by atoms with van der Waals surface area (Å²) in [6.45, 7) is 9.25. The van der Waals surface area contributed by atoms with E-state index in [1.54, 1.807) is 44.2 Å². The van der Waals surface area contributed by atoms with E-state index in [4.69, 9.17) is 21.1 Å². The molecule has 5 rings (SSSR count). The molecule has 1 atom stereocenters. The molecule has 11 nitrogen and oxygen atoms in total. The Labute approximate surface area is 290 Å². The molecule has 0 radical (unpaired) electrons. The number of aromatic nitrogens is 1. The van der Waals surface area contributed by atoms with Crippen molar-refractivity contribution in [2.75, 3.05) is 23.3 Å². The number of nitrogens with zero attached hydrogens (tertiary/aromatic N) is 2. The number of anilines is 2. The first-order chi connectivity index (χ1) is 23.1. The largest absolute Gasteiger partial charge is 0.496 e. The molecule has 2 heterocycles. The molecule has 0 aliphatic carbocycles. The van der Waals surface area contributed by atoms with Crippen LogP contribution in [-0.2, 0) is 26.0 Å². The van der Waals surface area contributed by atoms with Crippen LogP contribution in [0.25, 0.3) is 0 Å². The Hall–Kier alpha value is -4.94. The van der Waals surface area contributed by atoms with E-state index < -0.39 is 38.5 Å². The van der Waals surface area contributed by atoms with Gasteiger partial charge in [-0.05, 0) is 101 Å². The molecular formula is C36H37ClN4O7S. The topological polar surface area (TPSA) is 144 Å². The van der Waals surface area contributed by atoms with Crippen LogP contribution < -0.4 is 24.4 Å². The van der Waals surface area contributed by atoms with Gasteiger partial charge < -0.3 is 20.1 Å². The van der Waals surface area contributed by atoms with Gasteiger partial charge in [0.2, 0.25) is 10.0 Å². The van der Waals surface area contributed by atoms with Gasteiger partial charge in [0.05, 0.1) is 25.2 Å². The number of halogens is 1. The first-order valence-corrected chi connectivity index (χ1v) is 17.4. The summed E-state index contributed by atoms with van der Waals surface area (Å²) >= 11 is 6.73. The molecule has 3 aromatic carbocycles. The fraction of sp³-hybridized carbons (Fsp3) is 0.278. The number of carbonyl (C=O) groups excluding carboxylic acids is 3. The van der Waals surface area contributed by atoms with Gasteiger partial charge in [0.15, 0.2) is 0 Å². The Kier molecular flexibility index (Phi) is 9.76. The van der Waals surface area contributed by atoms with Crippen LogP contribution >= 0.6 is 11.6 Å². The van der Waals surface area contributed by atoms with Crippen molar-refractivity contribution in [3.05, 3.63) is 112 Å². The molecule has 49 heavy (non-hydrogen) atoms. The molecule has 1 aliphatic heterocycles. The Morgan fingerprint density at radius 2 is 1.67 bits per heavy atom. The molecule has 0 saturated carbocycles. The highest BCUT2D eigenvalue weighted by Gasteiger charge is 2.54. The third kappa shape index (κ3) is 7.11. The lowest BCUT2D eigenvalue weighted by molar-refractivity contribution is -0.120. The summed E-state index contributed by atoms with van der Waals surface area (Å²) in [5, 5.41) is 5.74. The molecule has 1 aromatic heterocycles. The molecule has 3 amide bonds. The standard InChI is InChI=1S/C36H37ClN4O7S/c1-7-48-25-14-16-29-27(20-25)36(5,26-18-22(13-15-28(26)37)32(42)39-31-10-8-9-17-38-31)34(44)41(29)49(45,46)21-24-12-11-23(19-30(24)47-6)33(43)40-35(2,3)4/h8-20H,7,21H2,1-6H3,(H,40,43)(H,38,39,42). The summed E-state index contributed by atoms with van der Waals surface area (Å²) in [6.07, 6.45) is 1.54. The van der Waals surface area contributed by atoms with E-state index in [-0.39, 0.29) is 44.6 Å². The Balaban J connectivity index is 1.57. The Morgan fingerprint density at radius 1 is 0.959 bits per heavy atom. The van der Waals surface area contributed by atoms with Gasteiger partial charge >= 0.3 is 0 Å². The first-order valence-electron chi connectivity index (χ1n) is 15.5. The van der Waals surface area contributed by atoms with Crippen molar-refractivity contribution in [1.29, 1.82) is 0 Å². The van der Waals surface area contributed by atoms with E-state index in [0.29, 0.717) is 23.7 Å². The molecule has 0 fully saturated rings. The SMILES string of the molecule is CCOc1ccc2c(c1)C(C)(c1cc(C(=O)Nc3ccccn3)ccc1Cl)C(=O)N2S(=O)(=O)Cc1ccc(C(=O)NC(C)(C)C)cc1OC. The number of fused-ring (bicyclic) bond motifs is 1. The predicted molar refractivity (Wildman–Crippen MR) is 188 cm³/mol. The van der Waals surface area contributed by atoms with Crippen LogP contribution in [0.4, 0.5) is 11.5 Å². The molecule has 4 aromatic rings. The molecule has 13 heteroatoms. The second-order valence-electron chi connectivity index (χ2n) is 12.7. The van der Waals surface area contributed by atoms with E-state index in [2.05, 4.69) is 15.6 Å². The summed E-state index contributed by atoms with van der Waals surface area (Å²) in [5.41, 5.74) is -0.741. The highest BCUT2D eigenvalue weighted by molar-refractivity contribution is 7.92. The summed E-state index contributed by atoms with van der Waals surface area (Å²) in [6, 6.07) is 18.8. The summed E-state index contributed by atoms with van der Waals surface area (Å²) in [7, 11) is -3.05. The Bertz CT molecular complexity index is 2050. The van der Waals surface area contributed by atoms with Gasteiger partial charge in [0, 0.05) is 39.0 Å². The zero-order valence-corrected chi connectivity index (χ0v) is 29.5. The molecule has 256 valence electrons. The highest BCUT2D eigenvalue weighted by Crippen LogP contribution is 2.50. The van der Waals surface area contributed by atoms with Crippen molar-refractivity contribution >= 4 is 50.9 Å². The summed E-state index contributed by atoms with van der Waals surface area (Å²) in [4.78, 5) is 44.8. The first kappa shape index (κ1) is 35.4. The molecule has 2 N–H and O–H groups in total. The minimum atomic E-state index is -4.42. The van der Waals surface area contributed by atoms with E-state index in [9.17, 15) is 22.8 Å². The number of rotatable bonds is 10. The van der Waals surface area contributed by atoms with Crippen LogP contribution in [0.2, 0.25) is 5.02 Å². The van der Waals surface area contributed by atoms with Crippen molar-refractivity contribution in [2.45, 2.75) is 51.3 Å². The number of hydrogen-bond acceptors (Lipinski definition) is 8. The van der Waals surface area contributed by atoms with Gasteiger partial charge in [0.1, 0.15) is 22.7 Å². The van der Waals surface area contributed by atoms with E-state index >= 15 is 0 Å². The molecular weight excluding hydrogens is 668 g/mol. The van der Waals surface area contributed by atoms with Crippen molar-refractivity contribution in [3.8, 4) is 11.5 Å². The molecule has 0 saturated heterocycles. The van der Waals surface area contributed by atoms with Crippen LogP contribution in [0.3, 0.4) is 0 Å². The molecule has 1 unspecified atom stereocenters. The fourth-order valence-corrected chi connectivity index (χ4v) is 7.63. The van der Waals surface area contributed by atoms with Gasteiger partial charge in [-0.2, -0.15) is 0 Å². The van der Waals surface area contributed by atoms with Gasteiger partial charge in [-0.25, -0.2) is 17.7 Å². The minimum absolute atomic E-state index is 0.121.